The van der Waals surface area contributed by atoms with E-state index in [1.165, 1.54) is 35.8 Å². The van der Waals surface area contributed by atoms with Crippen molar-refractivity contribution in [2.45, 2.75) is 42.2 Å². The van der Waals surface area contributed by atoms with Crippen LogP contribution < -0.4 is 11.1 Å². The predicted octanol–water partition coefficient (Wildman–Crippen LogP) is 5.51. The van der Waals surface area contributed by atoms with Gasteiger partial charge in [0.1, 0.15) is 5.00 Å². The zero-order valence-corrected chi connectivity index (χ0v) is 19.7. The van der Waals surface area contributed by atoms with Gasteiger partial charge in [-0.15, -0.1) is 23.1 Å². The molecule has 1 aliphatic carbocycles. The fourth-order valence-corrected chi connectivity index (χ4v) is 6.21. The highest BCUT2D eigenvalue weighted by Crippen LogP contribution is 2.43. The molecule has 0 bridgehead atoms. The number of anilines is 2. The summed E-state index contributed by atoms with van der Waals surface area (Å²) in [5.74, 6) is -0.124. The van der Waals surface area contributed by atoms with Crippen LogP contribution in [0.3, 0.4) is 0 Å². The Morgan fingerprint density at radius 1 is 1.16 bits per heavy atom. The number of nitrogens with two attached hydrogens (primary N) is 1. The number of carbonyl (C=O) groups excluding carboxylic acids is 2. The van der Waals surface area contributed by atoms with Crippen molar-refractivity contribution in [3.05, 3.63) is 76.2 Å². The van der Waals surface area contributed by atoms with Gasteiger partial charge in [-0.3, -0.25) is 4.79 Å². The summed E-state index contributed by atoms with van der Waals surface area (Å²) in [6.07, 6.45) is 2.62. The second-order valence-corrected chi connectivity index (χ2v) is 10.4. The third kappa shape index (κ3) is 4.84. The topological polar surface area (TPSA) is 81.4 Å². The molecule has 0 spiro atoms. The Labute approximate surface area is 196 Å². The van der Waals surface area contributed by atoms with Crippen LogP contribution in [0.4, 0.5) is 10.7 Å². The summed E-state index contributed by atoms with van der Waals surface area (Å²) < 4.78 is 5.06. The molecular formula is C25H26N2O3S2. The molecule has 0 fully saturated rings. The lowest BCUT2D eigenvalue weighted by atomic mass is 9.83. The van der Waals surface area contributed by atoms with Crippen molar-refractivity contribution in [3.63, 3.8) is 0 Å². The van der Waals surface area contributed by atoms with Crippen LogP contribution >= 0.6 is 23.1 Å². The molecule has 2 unspecified atom stereocenters. The number of methoxy groups -OCH3 is 1. The summed E-state index contributed by atoms with van der Waals surface area (Å²) in [6, 6.07) is 17.9. The number of nitrogens with one attached hydrogen (secondary N) is 1. The van der Waals surface area contributed by atoms with E-state index < -0.39 is 5.97 Å². The molecular weight excluding hydrogens is 440 g/mol. The normalized spacial score (nSPS) is 16.1. The SMILES string of the molecule is COC(=O)c1c(NC(=O)C(C)Sc2ccc(N)cc2)sc2c1CCC(c1ccccc1)C2. The average Bonchev–Trinajstić information content (AvgIpc) is 3.17. The zero-order valence-electron chi connectivity index (χ0n) is 18.1. The van der Waals surface area contributed by atoms with Crippen molar-refractivity contribution >= 4 is 45.7 Å². The molecule has 5 nitrogen and oxygen atoms in total. The van der Waals surface area contributed by atoms with Gasteiger partial charge in [0.2, 0.25) is 5.91 Å². The average molecular weight is 467 g/mol. The number of thiophene rings is 1. The largest absolute Gasteiger partial charge is 0.465 e. The molecule has 0 saturated heterocycles. The van der Waals surface area contributed by atoms with Crippen LogP contribution in [0.25, 0.3) is 0 Å². The van der Waals surface area contributed by atoms with Crippen molar-refractivity contribution in [1.29, 1.82) is 0 Å². The molecule has 4 rings (SSSR count). The van der Waals surface area contributed by atoms with Gasteiger partial charge in [-0.2, -0.15) is 0 Å². The van der Waals surface area contributed by atoms with Crippen LogP contribution in [0.1, 0.15) is 45.6 Å². The number of hydrogen-bond acceptors (Lipinski definition) is 6. The molecule has 1 heterocycles. The summed E-state index contributed by atoms with van der Waals surface area (Å²) >= 11 is 2.95. The standard InChI is InChI=1S/C25H26N2O3S2/c1-15(31-19-11-9-18(26)10-12-19)23(28)27-24-22(25(29)30-2)20-13-8-17(14-21(20)32-24)16-6-4-3-5-7-16/h3-7,9-12,15,17H,8,13-14,26H2,1-2H3,(H,27,28). The van der Waals surface area contributed by atoms with E-state index in [4.69, 9.17) is 10.5 Å². The van der Waals surface area contributed by atoms with Crippen LogP contribution in [-0.4, -0.2) is 24.2 Å². The Morgan fingerprint density at radius 3 is 2.56 bits per heavy atom. The molecule has 3 aromatic rings. The zero-order chi connectivity index (χ0) is 22.7. The number of carbonyl (C=O) groups is 2. The van der Waals surface area contributed by atoms with Crippen LogP contribution in [0.5, 0.6) is 0 Å². The molecule has 2 atom stereocenters. The highest BCUT2D eigenvalue weighted by molar-refractivity contribution is 8.00. The molecule has 1 aromatic heterocycles. The smallest absolute Gasteiger partial charge is 0.341 e. The quantitative estimate of drug-likeness (QED) is 0.284. The number of amides is 1. The van der Waals surface area contributed by atoms with Crippen molar-refractivity contribution in [3.8, 4) is 0 Å². The number of hydrogen-bond donors (Lipinski definition) is 2. The van der Waals surface area contributed by atoms with Gasteiger partial charge in [-0.25, -0.2) is 4.79 Å². The summed E-state index contributed by atoms with van der Waals surface area (Å²) in [6.45, 7) is 1.85. The van der Waals surface area contributed by atoms with E-state index in [-0.39, 0.29) is 11.2 Å². The first-order chi connectivity index (χ1) is 15.5. The van der Waals surface area contributed by atoms with Crippen LogP contribution in [-0.2, 0) is 22.4 Å². The molecule has 3 N–H and O–H groups in total. The second kappa shape index (κ2) is 9.79. The molecule has 7 heteroatoms. The lowest BCUT2D eigenvalue weighted by Gasteiger charge is -2.22. The molecule has 2 aromatic carbocycles. The van der Waals surface area contributed by atoms with Crippen LogP contribution in [0.15, 0.2) is 59.5 Å². The first-order valence-electron chi connectivity index (χ1n) is 10.6. The lowest BCUT2D eigenvalue weighted by Crippen LogP contribution is -2.23. The Hall–Kier alpha value is -2.77. The van der Waals surface area contributed by atoms with Crippen molar-refractivity contribution in [2.24, 2.45) is 0 Å². The van der Waals surface area contributed by atoms with Gasteiger partial charge < -0.3 is 15.8 Å². The molecule has 0 radical (unpaired) electrons. The number of thioether (sulfide) groups is 1. The van der Waals surface area contributed by atoms with Gasteiger partial charge in [0.05, 0.1) is 17.9 Å². The first-order valence-corrected chi connectivity index (χ1v) is 12.3. The van der Waals surface area contributed by atoms with Crippen LogP contribution in [0, 0.1) is 0 Å². The minimum atomic E-state index is -0.394. The molecule has 166 valence electrons. The Morgan fingerprint density at radius 2 is 1.88 bits per heavy atom. The summed E-state index contributed by atoms with van der Waals surface area (Å²) in [4.78, 5) is 27.7. The van der Waals surface area contributed by atoms with Gasteiger partial charge in [0, 0.05) is 15.5 Å². The number of esters is 1. The van der Waals surface area contributed by atoms with Crippen molar-refractivity contribution < 1.29 is 14.3 Å². The number of rotatable bonds is 6. The van der Waals surface area contributed by atoms with E-state index in [0.717, 1.165) is 34.6 Å². The lowest BCUT2D eigenvalue weighted by molar-refractivity contribution is -0.115. The van der Waals surface area contributed by atoms with Crippen LogP contribution in [0.2, 0.25) is 0 Å². The first kappa shape index (κ1) is 22.4. The summed E-state index contributed by atoms with van der Waals surface area (Å²) in [5, 5.41) is 3.26. The van der Waals surface area contributed by atoms with E-state index in [1.807, 2.05) is 37.3 Å². The van der Waals surface area contributed by atoms with Gasteiger partial charge in [0.15, 0.2) is 0 Å². The Kier molecular flexibility index (Phi) is 6.86. The molecule has 0 aliphatic heterocycles. The van der Waals surface area contributed by atoms with E-state index in [9.17, 15) is 9.59 Å². The fraction of sp³-hybridized carbons (Fsp3) is 0.280. The molecule has 1 aliphatic rings. The number of benzene rings is 2. The predicted molar refractivity (Wildman–Crippen MR) is 132 cm³/mol. The maximum absolute atomic E-state index is 12.9. The van der Waals surface area contributed by atoms with Crippen molar-refractivity contribution in [1.82, 2.24) is 0 Å². The second-order valence-electron chi connectivity index (χ2n) is 7.87. The Balaban J connectivity index is 1.54. The third-order valence-corrected chi connectivity index (χ3v) is 8.01. The van der Waals surface area contributed by atoms with Gasteiger partial charge >= 0.3 is 5.97 Å². The van der Waals surface area contributed by atoms with E-state index in [1.54, 1.807) is 0 Å². The summed E-state index contributed by atoms with van der Waals surface area (Å²) in [7, 11) is 1.38. The van der Waals surface area contributed by atoms with E-state index >= 15 is 0 Å². The summed E-state index contributed by atoms with van der Waals surface area (Å²) in [5.41, 5.74) is 9.27. The van der Waals surface area contributed by atoms with Gasteiger partial charge in [0.25, 0.3) is 0 Å². The van der Waals surface area contributed by atoms with E-state index in [2.05, 4.69) is 29.6 Å². The third-order valence-electron chi connectivity index (χ3n) is 5.72. The molecule has 1 amide bonds. The molecule has 32 heavy (non-hydrogen) atoms. The van der Waals surface area contributed by atoms with Gasteiger partial charge in [-0.05, 0) is 67.5 Å². The minimum absolute atomic E-state index is 0.143. The monoisotopic (exact) mass is 466 g/mol. The fourth-order valence-electron chi connectivity index (χ4n) is 4.02. The maximum Gasteiger partial charge on any atom is 0.341 e. The van der Waals surface area contributed by atoms with E-state index in [0.29, 0.717) is 22.2 Å². The Bertz CT molecular complexity index is 1110. The number of nitrogen functional groups attached to an aromatic ring is 1. The highest BCUT2D eigenvalue weighted by Gasteiger charge is 2.31. The number of ether oxygens (including phenoxy) is 1. The maximum atomic E-state index is 12.9. The molecule has 0 saturated carbocycles. The number of fused-ring (bicyclic) bond motifs is 1. The highest BCUT2D eigenvalue weighted by atomic mass is 32.2. The van der Waals surface area contributed by atoms with Crippen molar-refractivity contribution in [2.75, 3.05) is 18.2 Å². The minimum Gasteiger partial charge on any atom is -0.465 e. The van der Waals surface area contributed by atoms with Gasteiger partial charge in [-0.1, -0.05) is 30.3 Å².